The molecule has 0 saturated heterocycles. The van der Waals surface area contributed by atoms with E-state index < -0.39 is 0 Å². The summed E-state index contributed by atoms with van der Waals surface area (Å²) in [5.74, 6) is 0.0932. The lowest BCUT2D eigenvalue weighted by Gasteiger charge is -2.10. The van der Waals surface area contributed by atoms with Gasteiger partial charge in [0, 0.05) is 42.1 Å². The fraction of sp³-hybridized carbons (Fsp3) is 0.0385. The number of nitrogens with one attached hydrogen (secondary N) is 1. The van der Waals surface area contributed by atoms with E-state index >= 15 is 0 Å². The van der Waals surface area contributed by atoms with E-state index in [0.29, 0.717) is 6.54 Å². The summed E-state index contributed by atoms with van der Waals surface area (Å²) in [4.78, 5) is 3.90. The highest BCUT2D eigenvalue weighted by molar-refractivity contribution is 7.27. The molecule has 0 fully saturated rings. The second-order valence-corrected chi connectivity index (χ2v) is 14.9. The van der Waals surface area contributed by atoms with E-state index in [1.54, 1.807) is 11.3 Å². The van der Waals surface area contributed by atoms with E-state index in [0.717, 1.165) is 54.1 Å². The lowest BCUT2D eigenvalue weighted by Crippen LogP contribution is -2.11. The van der Waals surface area contributed by atoms with Gasteiger partial charge in [-0.25, -0.2) is 0 Å². The minimum atomic E-state index is 0.0932. The van der Waals surface area contributed by atoms with Gasteiger partial charge in [-0.1, -0.05) is 157 Å². The number of aryl methyl sites for hydroxylation is 1. The Morgan fingerprint density at radius 3 is 1.75 bits per heavy atom. The molecule has 0 radical (unpaired) electrons. The van der Waals surface area contributed by atoms with Crippen LogP contribution < -0.4 is 5.73 Å². The third-order valence-electron chi connectivity index (χ3n) is 9.96. The smallest absolute Gasteiger partial charge is 0.135 e. The summed E-state index contributed by atoms with van der Waals surface area (Å²) < 4.78 is 8.12. The summed E-state index contributed by atoms with van der Waals surface area (Å²) in [5.41, 5.74) is 18.3. The number of thiophene rings is 1. The molecule has 2 aromatic heterocycles. The number of furan rings is 1. The number of nitrogens with two attached hydrogens (primary N) is 1. The van der Waals surface area contributed by atoms with Crippen molar-refractivity contribution in [2.45, 2.75) is 13.5 Å². The Balaban J connectivity index is 0.000000162. The highest BCUT2D eigenvalue weighted by Crippen LogP contribution is 2.47. The van der Waals surface area contributed by atoms with Crippen LogP contribution in [0.1, 0.15) is 16.7 Å². The topological polar surface area (TPSA) is 75.4 Å². The van der Waals surface area contributed by atoms with Gasteiger partial charge < -0.3 is 10.2 Å². The quantitative estimate of drug-likeness (QED) is 0.131. The number of aliphatic imine (C=N–C) groups is 1. The molecular formula is C52H41N3OS. The average Bonchev–Trinajstić information content (AvgIpc) is 3.83. The Labute approximate surface area is 336 Å². The van der Waals surface area contributed by atoms with Crippen molar-refractivity contribution in [2.24, 2.45) is 10.7 Å². The first-order chi connectivity index (χ1) is 28.0. The summed E-state index contributed by atoms with van der Waals surface area (Å²) in [6, 6.07) is 64.6. The predicted octanol–water partition coefficient (Wildman–Crippen LogP) is 14.1. The van der Waals surface area contributed by atoms with Gasteiger partial charge >= 0.3 is 0 Å². The SMILES string of the molecule is C=NCc1ccc2oc3ccccc3c2c1.Cc1ccccc1.N=C(N)c1ccc(-c2ccccc2)c2sc3c(-c4ccccc4)cc(-c4ccccc4)cc3c12. The first-order valence-electron chi connectivity index (χ1n) is 18.9. The molecule has 276 valence electrons. The minimum absolute atomic E-state index is 0.0932. The highest BCUT2D eigenvalue weighted by atomic mass is 32.1. The zero-order valence-electron chi connectivity index (χ0n) is 31.7. The van der Waals surface area contributed by atoms with Crippen LogP contribution in [0.3, 0.4) is 0 Å². The van der Waals surface area contributed by atoms with Gasteiger partial charge in [0.15, 0.2) is 0 Å². The number of hydrogen-bond donors (Lipinski definition) is 2. The van der Waals surface area contributed by atoms with Crippen molar-refractivity contribution in [2.75, 3.05) is 0 Å². The number of benzene rings is 8. The largest absolute Gasteiger partial charge is 0.456 e. The molecule has 3 N–H and O–H groups in total. The van der Waals surface area contributed by atoms with Crippen LogP contribution in [-0.2, 0) is 6.54 Å². The molecule has 10 aromatic rings. The number of rotatable bonds is 6. The predicted molar refractivity (Wildman–Crippen MR) is 245 cm³/mol. The van der Waals surface area contributed by atoms with Gasteiger partial charge in [-0.15, -0.1) is 11.3 Å². The van der Waals surface area contributed by atoms with Crippen molar-refractivity contribution >= 4 is 66.0 Å². The van der Waals surface area contributed by atoms with Gasteiger partial charge in [-0.2, -0.15) is 0 Å². The van der Waals surface area contributed by atoms with Gasteiger partial charge in [-0.3, -0.25) is 10.4 Å². The molecule has 0 unspecified atom stereocenters. The Morgan fingerprint density at radius 1 is 0.561 bits per heavy atom. The summed E-state index contributed by atoms with van der Waals surface area (Å²) in [6.07, 6.45) is 0. The maximum Gasteiger partial charge on any atom is 0.135 e. The zero-order chi connectivity index (χ0) is 39.1. The second kappa shape index (κ2) is 16.7. The van der Waals surface area contributed by atoms with E-state index in [-0.39, 0.29) is 5.84 Å². The van der Waals surface area contributed by atoms with Crippen LogP contribution in [0.2, 0.25) is 0 Å². The molecule has 0 aliphatic heterocycles. The molecule has 57 heavy (non-hydrogen) atoms. The third kappa shape index (κ3) is 7.88. The second-order valence-electron chi connectivity index (χ2n) is 13.8. The summed E-state index contributed by atoms with van der Waals surface area (Å²) in [7, 11) is 0. The minimum Gasteiger partial charge on any atom is -0.456 e. The van der Waals surface area contributed by atoms with Crippen LogP contribution >= 0.6 is 11.3 Å². The lowest BCUT2D eigenvalue weighted by molar-refractivity contribution is 0.669. The fourth-order valence-electron chi connectivity index (χ4n) is 7.22. The van der Waals surface area contributed by atoms with E-state index in [4.69, 9.17) is 15.6 Å². The number of nitrogen functional groups attached to an aromatic ring is 1. The van der Waals surface area contributed by atoms with Crippen molar-refractivity contribution in [1.82, 2.24) is 0 Å². The Bertz CT molecular complexity index is 2970. The number of fused-ring (bicyclic) bond motifs is 6. The molecule has 0 aliphatic rings. The van der Waals surface area contributed by atoms with Crippen LogP contribution in [0.25, 0.3) is 75.5 Å². The van der Waals surface area contributed by atoms with Crippen molar-refractivity contribution in [3.05, 3.63) is 205 Å². The monoisotopic (exact) mass is 755 g/mol. The lowest BCUT2D eigenvalue weighted by atomic mass is 9.93. The average molecular weight is 756 g/mol. The van der Waals surface area contributed by atoms with Crippen molar-refractivity contribution in [3.8, 4) is 33.4 Å². The molecule has 10 rings (SSSR count). The van der Waals surface area contributed by atoms with Crippen LogP contribution in [0.5, 0.6) is 0 Å². The summed E-state index contributed by atoms with van der Waals surface area (Å²) in [6.45, 7) is 6.24. The summed E-state index contributed by atoms with van der Waals surface area (Å²) >= 11 is 1.79. The Morgan fingerprint density at radius 2 is 1.14 bits per heavy atom. The van der Waals surface area contributed by atoms with E-state index in [2.05, 4.69) is 134 Å². The molecule has 4 nitrogen and oxygen atoms in total. The van der Waals surface area contributed by atoms with Crippen molar-refractivity contribution in [3.63, 3.8) is 0 Å². The number of amidine groups is 1. The van der Waals surface area contributed by atoms with Gasteiger partial charge in [-0.05, 0) is 83.4 Å². The van der Waals surface area contributed by atoms with Gasteiger partial charge in [0.2, 0.25) is 0 Å². The number of hydrogen-bond acceptors (Lipinski definition) is 4. The molecule has 0 atom stereocenters. The first kappa shape index (κ1) is 36.9. The fourth-order valence-corrected chi connectivity index (χ4v) is 8.60. The zero-order valence-corrected chi connectivity index (χ0v) is 32.5. The maximum absolute atomic E-state index is 8.32. The Kier molecular flexibility index (Phi) is 10.8. The van der Waals surface area contributed by atoms with Crippen molar-refractivity contribution in [1.29, 1.82) is 5.41 Å². The first-order valence-corrected chi connectivity index (χ1v) is 19.7. The summed E-state index contributed by atoms with van der Waals surface area (Å²) in [5, 5.41) is 12.8. The molecule has 0 spiro atoms. The normalized spacial score (nSPS) is 10.8. The number of nitrogens with zero attached hydrogens (tertiary/aromatic N) is 1. The molecule has 0 amide bonds. The Hall–Kier alpha value is -7.08. The van der Waals surface area contributed by atoms with Crippen molar-refractivity contribution < 1.29 is 4.42 Å². The highest BCUT2D eigenvalue weighted by Gasteiger charge is 2.19. The van der Waals surface area contributed by atoms with Gasteiger partial charge in [0.05, 0.1) is 6.54 Å². The molecular weight excluding hydrogens is 715 g/mol. The van der Waals surface area contributed by atoms with Crippen LogP contribution in [0, 0.1) is 12.3 Å². The molecule has 0 saturated carbocycles. The third-order valence-corrected chi connectivity index (χ3v) is 11.2. The molecule has 5 heteroatoms. The van der Waals surface area contributed by atoms with Crippen LogP contribution in [0.15, 0.2) is 197 Å². The van der Waals surface area contributed by atoms with E-state index in [9.17, 15) is 0 Å². The molecule has 0 bridgehead atoms. The number of para-hydroxylation sites is 1. The van der Waals surface area contributed by atoms with Crippen LogP contribution in [-0.4, -0.2) is 12.6 Å². The van der Waals surface area contributed by atoms with Crippen LogP contribution in [0.4, 0.5) is 0 Å². The molecule has 2 heterocycles. The molecule has 8 aromatic carbocycles. The standard InChI is InChI=1S/C31H22N2S.C14H11NO.C7H8/c32-31(33)25-17-16-24(21-12-6-2-7-13-21)30-28(25)27-19-23(20-10-4-1-5-11-20)18-26(29(27)34-30)22-14-8-3-9-15-22;1-15-9-10-6-7-14-12(8-10)11-4-2-3-5-13(11)16-14;1-7-5-3-2-4-6-7/h1-19H,(H3,32,33);2-8H,1,9H2;2-6H,1H3. The maximum atomic E-state index is 8.32. The molecule has 0 aliphatic carbocycles. The van der Waals surface area contributed by atoms with E-state index in [1.165, 1.54) is 38.1 Å². The van der Waals surface area contributed by atoms with Gasteiger partial charge in [0.1, 0.15) is 17.0 Å². The van der Waals surface area contributed by atoms with Gasteiger partial charge in [0.25, 0.3) is 0 Å². The van der Waals surface area contributed by atoms with E-state index in [1.807, 2.05) is 72.8 Å².